The van der Waals surface area contributed by atoms with Gasteiger partial charge in [-0.15, -0.1) is 0 Å². The van der Waals surface area contributed by atoms with Gasteiger partial charge in [-0.1, -0.05) is 54.0 Å². The minimum atomic E-state index is -0.226. The lowest BCUT2D eigenvalue weighted by molar-refractivity contribution is 0.615. The predicted octanol–water partition coefficient (Wildman–Crippen LogP) is 5.10. The van der Waals surface area contributed by atoms with Gasteiger partial charge >= 0.3 is 0 Å². The lowest BCUT2D eigenvalue weighted by Crippen LogP contribution is -2.18. The number of benzene rings is 2. The maximum Gasteiger partial charge on any atom is 0.124 e. The van der Waals surface area contributed by atoms with E-state index in [0.29, 0.717) is 5.92 Å². The van der Waals surface area contributed by atoms with Gasteiger partial charge in [0.1, 0.15) is 5.82 Å². The van der Waals surface area contributed by atoms with Crippen molar-refractivity contribution in [3.63, 3.8) is 0 Å². The molecule has 0 bridgehead atoms. The maximum absolute atomic E-state index is 13.6. The molecule has 2 aromatic carbocycles. The van der Waals surface area contributed by atoms with E-state index < -0.39 is 0 Å². The largest absolute Gasteiger partial charge is 0.309 e. The van der Waals surface area contributed by atoms with Crippen LogP contribution in [0.5, 0.6) is 0 Å². The van der Waals surface area contributed by atoms with Crippen LogP contribution in [0.4, 0.5) is 4.39 Å². The summed E-state index contributed by atoms with van der Waals surface area (Å²) in [6, 6.07) is 13.6. The number of rotatable bonds is 5. The fourth-order valence-electron chi connectivity index (χ4n) is 2.59. The second-order valence-corrected chi connectivity index (χ2v) is 6.68. The molecule has 1 nitrogen and oxygen atoms in total. The molecule has 1 N–H and O–H groups in total. The molecule has 0 radical (unpaired) electrons. The quantitative estimate of drug-likeness (QED) is 0.792. The topological polar surface area (TPSA) is 12.0 Å². The van der Waals surface area contributed by atoms with E-state index in [4.69, 9.17) is 0 Å². The highest BCUT2D eigenvalue weighted by Crippen LogP contribution is 2.26. The molecule has 1 unspecified atom stereocenters. The van der Waals surface area contributed by atoms with Crippen LogP contribution in [0.1, 0.15) is 36.6 Å². The molecule has 0 aliphatic carbocycles. The summed E-state index contributed by atoms with van der Waals surface area (Å²) in [5, 5.41) is 3.26. The van der Waals surface area contributed by atoms with Gasteiger partial charge in [0.05, 0.1) is 6.04 Å². The predicted molar refractivity (Wildman–Crippen MR) is 90.0 cm³/mol. The monoisotopic (exact) mass is 349 g/mol. The highest BCUT2D eigenvalue weighted by Gasteiger charge is 2.13. The molecule has 0 amide bonds. The van der Waals surface area contributed by atoms with Crippen molar-refractivity contribution in [3.8, 4) is 0 Å². The summed E-state index contributed by atoms with van der Waals surface area (Å²) in [5.41, 5.74) is 3.40. The third-order valence-corrected chi connectivity index (χ3v) is 3.92. The van der Waals surface area contributed by atoms with Crippen LogP contribution in [0, 0.1) is 11.7 Å². The summed E-state index contributed by atoms with van der Waals surface area (Å²) in [6.07, 6.45) is 1.08. The van der Waals surface area contributed by atoms with Crippen molar-refractivity contribution in [2.75, 3.05) is 7.05 Å². The number of nitrogens with one attached hydrogen (secondary N) is 1. The van der Waals surface area contributed by atoms with Crippen LogP contribution in [-0.4, -0.2) is 7.05 Å². The highest BCUT2D eigenvalue weighted by molar-refractivity contribution is 9.10. The molecule has 1 atom stereocenters. The average molecular weight is 350 g/mol. The summed E-state index contributed by atoms with van der Waals surface area (Å²) >= 11 is 3.35. The van der Waals surface area contributed by atoms with E-state index in [1.807, 2.05) is 13.1 Å². The Morgan fingerprint density at radius 3 is 2.24 bits per heavy atom. The van der Waals surface area contributed by atoms with Gasteiger partial charge in [0.25, 0.3) is 0 Å². The smallest absolute Gasteiger partial charge is 0.124 e. The highest BCUT2D eigenvalue weighted by atomic mass is 79.9. The van der Waals surface area contributed by atoms with E-state index in [1.165, 1.54) is 11.6 Å². The van der Waals surface area contributed by atoms with Crippen molar-refractivity contribution < 1.29 is 4.39 Å². The lowest BCUT2D eigenvalue weighted by Gasteiger charge is -2.18. The standard InChI is InChI=1S/C18H21BrFN/c1-12(2)8-13-4-6-14(7-5-13)18(21-3)15-9-16(19)11-17(20)10-15/h4-7,9-12,18,21H,8H2,1-3H3. The third-order valence-electron chi connectivity index (χ3n) is 3.46. The molecular formula is C18H21BrFN. The van der Waals surface area contributed by atoms with E-state index in [-0.39, 0.29) is 11.9 Å². The first-order chi connectivity index (χ1) is 9.99. The summed E-state index contributed by atoms with van der Waals surface area (Å²) in [6.45, 7) is 4.43. The Morgan fingerprint density at radius 1 is 1.05 bits per heavy atom. The molecule has 0 saturated carbocycles. The first kappa shape index (κ1) is 16.2. The Hall–Kier alpha value is -1.19. The molecule has 3 heteroatoms. The van der Waals surface area contributed by atoms with Crippen LogP contribution in [0.15, 0.2) is 46.9 Å². The first-order valence-electron chi connectivity index (χ1n) is 7.21. The van der Waals surface area contributed by atoms with Crippen LogP contribution in [-0.2, 0) is 6.42 Å². The Balaban J connectivity index is 2.28. The molecule has 21 heavy (non-hydrogen) atoms. The summed E-state index contributed by atoms with van der Waals surface area (Å²) in [5.74, 6) is 0.422. The maximum atomic E-state index is 13.6. The number of hydrogen-bond donors (Lipinski definition) is 1. The van der Waals surface area contributed by atoms with E-state index in [9.17, 15) is 4.39 Å². The van der Waals surface area contributed by atoms with Crippen molar-refractivity contribution in [2.24, 2.45) is 5.92 Å². The molecule has 0 aliphatic heterocycles. The summed E-state index contributed by atoms with van der Waals surface area (Å²) in [4.78, 5) is 0. The fourth-order valence-corrected chi connectivity index (χ4v) is 3.07. The van der Waals surface area contributed by atoms with E-state index in [1.54, 1.807) is 6.07 Å². The molecule has 2 rings (SSSR count). The molecule has 0 saturated heterocycles. The Labute approximate surface area is 134 Å². The Morgan fingerprint density at radius 2 is 1.71 bits per heavy atom. The Kier molecular flexibility index (Phi) is 5.54. The minimum absolute atomic E-state index is 0.00917. The normalized spacial score (nSPS) is 12.7. The molecule has 0 aliphatic rings. The van der Waals surface area contributed by atoms with E-state index >= 15 is 0 Å². The molecule has 2 aromatic rings. The van der Waals surface area contributed by atoms with E-state index in [0.717, 1.165) is 22.0 Å². The van der Waals surface area contributed by atoms with Crippen molar-refractivity contribution in [3.05, 3.63) is 69.4 Å². The van der Waals surface area contributed by atoms with Gasteiger partial charge in [0.2, 0.25) is 0 Å². The molecule has 0 aromatic heterocycles. The van der Waals surface area contributed by atoms with Gasteiger partial charge in [-0.25, -0.2) is 4.39 Å². The fraction of sp³-hybridized carbons (Fsp3) is 0.333. The van der Waals surface area contributed by atoms with Gasteiger partial charge in [-0.3, -0.25) is 0 Å². The zero-order chi connectivity index (χ0) is 15.4. The van der Waals surface area contributed by atoms with Crippen LogP contribution in [0.3, 0.4) is 0 Å². The molecule has 0 fully saturated rings. The van der Waals surface area contributed by atoms with Crippen molar-refractivity contribution in [2.45, 2.75) is 26.3 Å². The van der Waals surface area contributed by atoms with E-state index in [2.05, 4.69) is 59.4 Å². The third kappa shape index (κ3) is 4.39. The van der Waals surface area contributed by atoms with Gasteiger partial charge in [-0.05, 0) is 54.3 Å². The van der Waals surface area contributed by atoms with Gasteiger partial charge < -0.3 is 5.32 Å². The average Bonchev–Trinajstić information content (AvgIpc) is 2.40. The summed E-state index contributed by atoms with van der Waals surface area (Å²) in [7, 11) is 1.89. The van der Waals surface area contributed by atoms with Crippen molar-refractivity contribution >= 4 is 15.9 Å². The SMILES string of the molecule is CNC(c1ccc(CC(C)C)cc1)c1cc(F)cc(Br)c1. The molecule has 0 heterocycles. The number of halogens is 2. The first-order valence-corrected chi connectivity index (χ1v) is 8.01. The van der Waals surface area contributed by atoms with Crippen LogP contribution < -0.4 is 5.32 Å². The van der Waals surface area contributed by atoms with Crippen LogP contribution in [0.2, 0.25) is 0 Å². The van der Waals surface area contributed by atoms with Gasteiger partial charge in [-0.2, -0.15) is 0 Å². The molecule has 112 valence electrons. The zero-order valence-electron chi connectivity index (χ0n) is 12.7. The molecule has 0 spiro atoms. The second-order valence-electron chi connectivity index (χ2n) is 5.76. The zero-order valence-corrected chi connectivity index (χ0v) is 14.2. The van der Waals surface area contributed by atoms with Crippen LogP contribution >= 0.6 is 15.9 Å². The minimum Gasteiger partial charge on any atom is -0.309 e. The summed E-state index contributed by atoms with van der Waals surface area (Å²) < 4.78 is 14.3. The number of hydrogen-bond acceptors (Lipinski definition) is 1. The van der Waals surface area contributed by atoms with Crippen molar-refractivity contribution in [1.29, 1.82) is 0 Å². The van der Waals surface area contributed by atoms with Crippen LogP contribution in [0.25, 0.3) is 0 Å². The lowest BCUT2D eigenvalue weighted by atomic mass is 9.96. The second kappa shape index (κ2) is 7.19. The van der Waals surface area contributed by atoms with Gasteiger partial charge in [0, 0.05) is 4.47 Å². The Bertz CT molecular complexity index is 572. The van der Waals surface area contributed by atoms with Gasteiger partial charge in [0.15, 0.2) is 0 Å². The molecular weight excluding hydrogens is 329 g/mol. The van der Waals surface area contributed by atoms with Crippen molar-refractivity contribution in [1.82, 2.24) is 5.32 Å².